The van der Waals surface area contributed by atoms with Gasteiger partial charge in [0, 0.05) is 18.7 Å². The Hall–Kier alpha value is -1.62. The van der Waals surface area contributed by atoms with Gasteiger partial charge in [0.25, 0.3) is 5.69 Å². The zero-order chi connectivity index (χ0) is 11.6. The third-order valence-electron chi connectivity index (χ3n) is 1.87. The van der Waals surface area contributed by atoms with Gasteiger partial charge in [0.1, 0.15) is 5.02 Å². The number of anilines is 1. The van der Waals surface area contributed by atoms with Crippen molar-refractivity contribution in [3.05, 3.63) is 32.8 Å². The van der Waals surface area contributed by atoms with Gasteiger partial charge in [-0.3, -0.25) is 14.9 Å². The Kier molecular flexibility index (Phi) is 3.26. The van der Waals surface area contributed by atoms with Gasteiger partial charge in [-0.1, -0.05) is 11.6 Å². The normalized spacial score (nSPS) is 9.80. The summed E-state index contributed by atoms with van der Waals surface area (Å²) in [5.41, 5.74) is 0.808. The van der Waals surface area contributed by atoms with Gasteiger partial charge in [0.15, 0.2) is 0 Å². The van der Waals surface area contributed by atoms with E-state index in [-0.39, 0.29) is 16.6 Å². The van der Waals surface area contributed by atoms with Crippen LogP contribution in [0.3, 0.4) is 0 Å². The van der Waals surface area contributed by atoms with Crippen LogP contribution in [0.5, 0.6) is 0 Å². The molecule has 1 aromatic rings. The molecule has 0 heterocycles. The molecule has 0 saturated carbocycles. The number of nitrogens with one attached hydrogen (secondary N) is 1. The summed E-state index contributed by atoms with van der Waals surface area (Å²) in [6.07, 6.45) is 0. The van der Waals surface area contributed by atoms with Crippen LogP contribution in [0.2, 0.25) is 5.02 Å². The molecule has 0 aliphatic heterocycles. The summed E-state index contributed by atoms with van der Waals surface area (Å²) in [5.74, 6) is -0.247. The Balaban J connectivity index is 3.21. The van der Waals surface area contributed by atoms with Crippen molar-refractivity contribution >= 4 is 28.9 Å². The summed E-state index contributed by atoms with van der Waals surface area (Å²) in [6, 6.07) is 2.72. The predicted octanol–water partition coefficient (Wildman–Crippen LogP) is 2.52. The molecule has 15 heavy (non-hydrogen) atoms. The number of amides is 1. The molecule has 0 saturated heterocycles. The van der Waals surface area contributed by atoms with Gasteiger partial charge in [-0.15, -0.1) is 0 Å². The summed E-state index contributed by atoms with van der Waals surface area (Å²) in [6.45, 7) is 2.97. The zero-order valence-electron chi connectivity index (χ0n) is 8.20. The fourth-order valence-electron chi connectivity index (χ4n) is 1.14. The monoisotopic (exact) mass is 228 g/mol. The number of benzene rings is 1. The van der Waals surface area contributed by atoms with E-state index < -0.39 is 4.92 Å². The van der Waals surface area contributed by atoms with Crippen LogP contribution in [-0.4, -0.2) is 10.8 Å². The van der Waals surface area contributed by atoms with E-state index in [4.69, 9.17) is 11.6 Å². The highest BCUT2D eigenvalue weighted by atomic mass is 35.5. The highest BCUT2D eigenvalue weighted by Gasteiger charge is 2.16. The molecule has 0 fully saturated rings. The first-order valence-electron chi connectivity index (χ1n) is 4.14. The van der Waals surface area contributed by atoms with Crippen LogP contribution in [0.1, 0.15) is 12.5 Å². The predicted molar refractivity (Wildman–Crippen MR) is 57.1 cm³/mol. The SMILES string of the molecule is CC(=O)Nc1ccc([N+](=O)[O-])c(Cl)c1C. The Labute approximate surface area is 91.2 Å². The van der Waals surface area contributed by atoms with Crippen molar-refractivity contribution in [3.8, 4) is 0 Å². The second-order valence-electron chi connectivity index (χ2n) is 3.01. The van der Waals surface area contributed by atoms with Crippen molar-refractivity contribution in [1.82, 2.24) is 0 Å². The molecule has 0 bridgehead atoms. The lowest BCUT2D eigenvalue weighted by molar-refractivity contribution is -0.384. The average molecular weight is 229 g/mol. The molecular formula is C9H9ClN2O3. The lowest BCUT2D eigenvalue weighted by Crippen LogP contribution is -2.07. The number of nitrogens with zero attached hydrogens (tertiary/aromatic N) is 1. The van der Waals surface area contributed by atoms with E-state index in [1.807, 2.05) is 0 Å². The highest BCUT2D eigenvalue weighted by Crippen LogP contribution is 2.32. The number of carbonyl (C=O) groups excluding carboxylic acids is 1. The van der Waals surface area contributed by atoms with Crippen molar-refractivity contribution in [2.75, 3.05) is 5.32 Å². The fourth-order valence-corrected chi connectivity index (χ4v) is 1.37. The molecule has 0 aliphatic carbocycles. The maximum atomic E-state index is 10.8. The van der Waals surface area contributed by atoms with E-state index >= 15 is 0 Å². The number of nitro benzene ring substituents is 1. The van der Waals surface area contributed by atoms with E-state index in [0.29, 0.717) is 11.3 Å². The second-order valence-corrected chi connectivity index (χ2v) is 3.39. The molecule has 0 spiro atoms. The van der Waals surface area contributed by atoms with Gasteiger partial charge >= 0.3 is 0 Å². The Morgan fingerprint density at radius 1 is 1.53 bits per heavy atom. The standard InChI is InChI=1S/C9H9ClN2O3/c1-5-7(11-6(2)13)3-4-8(9(5)10)12(14)15/h3-4H,1-2H3,(H,11,13). The van der Waals surface area contributed by atoms with Gasteiger partial charge in [0.2, 0.25) is 5.91 Å². The van der Waals surface area contributed by atoms with Crippen molar-refractivity contribution in [2.24, 2.45) is 0 Å². The Bertz CT molecular complexity index is 432. The number of rotatable bonds is 2. The van der Waals surface area contributed by atoms with Crippen molar-refractivity contribution in [1.29, 1.82) is 0 Å². The minimum absolute atomic E-state index is 0.0475. The molecule has 0 aliphatic rings. The van der Waals surface area contributed by atoms with Crippen molar-refractivity contribution < 1.29 is 9.72 Å². The molecule has 1 aromatic carbocycles. The van der Waals surface area contributed by atoms with E-state index in [0.717, 1.165) is 0 Å². The molecule has 0 aromatic heterocycles. The molecule has 80 valence electrons. The number of carbonyl (C=O) groups is 1. The molecule has 0 atom stereocenters. The van der Waals surface area contributed by atoms with Crippen LogP contribution in [0.25, 0.3) is 0 Å². The smallest absolute Gasteiger partial charge is 0.288 e. The fraction of sp³-hybridized carbons (Fsp3) is 0.222. The van der Waals surface area contributed by atoms with Gasteiger partial charge in [-0.2, -0.15) is 0 Å². The summed E-state index contributed by atoms with van der Waals surface area (Å²) >= 11 is 5.78. The van der Waals surface area contributed by atoms with Gasteiger partial charge < -0.3 is 5.32 Å². The number of halogens is 1. The van der Waals surface area contributed by atoms with Crippen molar-refractivity contribution in [2.45, 2.75) is 13.8 Å². The van der Waals surface area contributed by atoms with Crippen LogP contribution in [0, 0.1) is 17.0 Å². The summed E-state index contributed by atoms with van der Waals surface area (Å²) < 4.78 is 0. The summed E-state index contributed by atoms with van der Waals surface area (Å²) in [4.78, 5) is 20.8. The minimum atomic E-state index is -0.563. The molecule has 5 nitrogen and oxygen atoms in total. The van der Waals surface area contributed by atoms with E-state index in [1.165, 1.54) is 19.1 Å². The lowest BCUT2D eigenvalue weighted by Gasteiger charge is -2.07. The molecule has 1 amide bonds. The van der Waals surface area contributed by atoms with Crippen LogP contribution < -0.4 is 5.32 Å². The van der Waals surface area contributed by atoms with Gasteiger partial charge in [0.05, 0.1) is 4.92 Å². The number of nitro groups is 1. The minimum Gasteiger partial charge on any atom is -0.326 e. The second kappa shape index (κ2) is 4.27. The molecular weight excluding hydrogens is 220 g/mol. The number of hydrogen-bond donors (Lipinski definition) is 1. The van der Waals surface area contributed by atoms with E-state index in [9.17, 15) is 14.9 Å². The van der Waals surface area contributed by atoms with Gasteiger partial charge in [-0.05, 0) is 18.6 Å². The number of hydrogen-bond acceptors (Lipinski definition) is 3. The molecule has 0 radical (unpaired) electrons. The summed E-state index contributed by atoms with van der Waals surface area (Å²) in [7, 11) is 0. The quantitative estimate of drug-likeness (QED) is 0.624. The van der Waals surface area contributed by atoms with Gasteiger partial charge in [-0.25, -0.2) is 0 Å². The lowest BCUT2D eigenvalue weighted by atomic mass is 10.1. The Morgan fingerprint density at radius 2 is 2.13 bits per heavy atom. The van der Waals surface area contributed by atoms with Crippen LogP contribution in [-0.2, 0) is 4.79 Å². The average Bonchev–Trinajstić information content (AvgIpc) is 2.12. The summed E-state index contributed by atoms with van der Waals surface area (Å²) in [5, 5.41) is 13.1. The maximum Gasteiger partial charge on any atom is 0.288 e. The largest absolute Gasteiger partial charge is 0.326 e. The molecule has 0 unspecified atom stereocenters. The van der Waals surface area contributed by atoms with Crippen LogP contribution in [0.4, 0.5) is 11.4 Å². The molecule has 6 heteroatoms. The first-order valence-corrected chi connectivity index (χ1v) is 4.52. The maximum absolute atomic E-state index is 10.8. The van der Waals surface area contributed by atoms with Crippen molar-refractivity contribution in [3.63, 3.8) is 0 Å². The van der Waals surface area contributed by atoms with E-state index in [2.05, 4.69) is 5.32 Å². The zero-order valence-corrected chi connectivity index (χ0v) is 8.96. The van der Waals surface area contributed by atoms with Crippen LogP contribution in [0.15, 0.2) is 12.1 Å². The molecule has 1 rings (SSSR count). The van der Waals surface area contributed by atoms with E-state index in [1.54, 1.807) is 6.92 Å². The third-order valence-corrected chi connectivity index (χ3v) is 2.35. The Morgan fingerprint density at radius 3 is 2.60 bits per heavy atom. The highest BCUT2D eigenvalue weighted by molar-refractivity contribution is 6.33. The van der Waals surface area contributed by atoms with Crippen LogP contribution >= 0.6 is 11.6 Å². The third kappa shape index (κ3) is 2.44. The molecule has 1 N–H and O–H groups in total. The first kappa shape index (κ1) is 11.5. The topological polar surface area (TPSA) is 72.2 Å². The first-order chi connectivity index (χ1) is 6.93.